The molecule has 1 aromatic carbocycles. The van der Waals surface area contributed by atoms with Gasteiger partial charge in [0.2, 0.25) is 5.91 Å². The van der Waals surface area contributed by atoms with Gasteiger partial charge in [-0.1, -0.05) is 17.7 Å². The number of benzene rings is 1. The van der Waals surface area contributed by atoms with Crippen LogP contribution >= 0.6 is 22.9 Å². The summed E-state index contributed by atoms with van der Waals surface area (Å²) in [5, 5.41) is 2.85. The van der Waals surface area contributed by atoms with Crippen LogP contribution in [0.2, 0.25) is 4.47 Å². The molecule has 1 N–H and O–H groups in total. The third-order valence-electron chi connectivity index (χ3n) is 5.76. The van der Waals surface area contributed by atoms with Crippen LogP contribution in [0.1, 0.15) is 51.1 Å². The largest absolute Gasteiger partial charge is 0.347 e. The first kappa shape index (κ1) is 24.2. The van der Waals surface area contributed by atoms with E-state index in [1.807, 2.05) is 0 Å². The molecule has 0 bridgehead atoms. The molecule has 7 nitrogen and oxygen atoms in total. The quantitative estimate of drug-likeness (QED) is 0.546. The van der Waals surface area contributed by atoms with Crippen molar-refractivity contribution in [2.75, 3.05) is 13.1 Å². The highest BCUT2D eigenvalue weighted by Crippen LogP contribution is 2.30. The maximum absolute atomic E-state index is 13.9. The van der Waals surface area contributed by atoms with E-state index in [9.17, 15) is 18.4 Å². The van der Waals surface area contributed by atoms with Gasteiger partial charge in [-0.25, -0.2) is 23.7 Å². The standard InChI is InChI=1S/C23H22ClF2N5O2S/c1-13-27-12-17(22(33)28-10-15-11-29-23(24)34-15)21(30-13)14-5-7-31(8-6-14)20(32)9-16-18(25)3-2-4-19(16)26/h2-4,11-12,14H,5-10H2,1H3,(H,28,33). The number of thiazole rings is 1. The summed E-state index contributed by atoms with van der Waals surface area (Å²) in [5.41, 5.74) is 0.807. The van der Waals surface area contributed by atoms with Gasteiger partial charge in [-0.15, -0.1) is 11.3 Å². The van der Waals surface area contributed by atoms with Gasteiger partial charge in [0.1, 0.15) is 17.5 Å². The van der Waals surface area contributed by atoms with Crippen LogP contribution in [0.15, 0.2) is 30.6 Å². The number of rotatable bonds is 6. The number of hydrogen-bond donors (Lipinski definition) is 1. The summed E-state index contributed by atoms with van der Waals surface area (Å²) in [6, 6.07) is 3.56. The zero-order chi connectivity index (χ0) is 24.2. The van der Waals surface area contributed by atoms with Gasteiger partial charge in [-0.05, 0) is 31.9 Å². The fourth-order valence-electron chi connectivity index (χ4n) is 3.97. The van der Waals surface area contributed by atoms with Crippen molar-refractivity contribution in [3.05, 3.63) is 74.2 Å². The second-order valence-corrected chi connectivity index (χ2v) is 9.71. The highest BCUT2D eigenvalue weighted by atomic mass is 35.5. The summed E-state index contributed by atoms with van der Waals surface area (Å²) in [6.07, 6.45) is 3.95. The summed E-state index contributed by atoms with van der Waals surface area (Å²) in [4.78, 5) is 40.6. The molecule has 1 aliphatic heterocycles. The van der Waals surface area contributed by atoms with Crippen LogP contribution in [0.3, 0.4) is 0 Å². The molecular formula is C23H22ClF2N5O2S. The van der Waals surface area contributed by atoms with Crippen molar-refractivity contribution in [3.8, 4) is 0 Å². The van der Waals surface area contributed by atoms with Crippen LogP contribution in [0.5, 0.6) is 0 Å². The number of piperidine rings is 1. The summed E-state index contributed by atoms with van der Waals surface area (Å²) in [5.74, 6) is -1.58. The lowest BCUT2D eigenvalue weighted by Gasteiger charge is -2.32. The molecule has 4 rings (SSSR count). The highest BCUT2D eigenvalue weighted by Gasteiger charge is 2.29. The summed E-state index contributed by atoms with van der Waals surface area (Å²) in [6.45, 7) is 2.86. The minimum Gasteiger partial charge on any atom is -0.347 e. The average Bonchev–Trinajstić information content (AvgIpc) is 3.25. The van der Waals surface area contributed by atoms with E-state index in [1.54, 1.807) is 18.0 Å². The summed E-state index contributed by atoms with van der Waals surface area (Å²) in [7, 11) is 0. The van der Waals surface area contributed by atoms with Crippen LogP contribution < -0.4 is 5.32 Å². The number of aryl methyl sites for hydroxylation is 1. The molecule has 0 radical (unpaired) electrons. The van der Waals surface area contributed by atoms with Crippen molar-refractivity contribution in [1.29, 1.82) is 0 Å². The zero-order valence-electron chi connectivity index (χ0n) is 18.4. The predicted molar refractivity (Wildman–Crippen MR) is 124 cm³/mol. The van der Waals surface area contributed by atoms with E-state index in [2.05, 4.69) is 20.3 Å². The Morgan fingerprint density at radius 3 is 2.53 bits per heavy atom. The third kappa shape index (κ3) is 5.56. The highest BCUT2D eigenvalue weighted by molar-refractivity contribution is 7.15. The molecule has 3 aromatic rings. The molecule has 178 valence electrons. The van der Waals surface area contributed by atoms with Crippen LogP contribution in [-0.2, 0) is 17.8 Å². The molecule has 2 aromatic heterocycles. The van der Waals surface area contributed by atoms with Gasteiger partial charge in [0.15, 0.2) is 4.47 Å². The van der Waals surface area contributed by atoms with Gasteiger partial charge in [0, 0.05) is 41.8 Å². The van der Waals surface area contributed by atoms with Crippen molar-refractivity contribution in [2.24, 2.45) is 0 Å². The monoisotopic (exact) mass is 505 g/mol. The number of likely N-dealkylation sites (tertiary alicyclic amines) is 1. The lowest BCUT2D eigenvalue weighted by atomic mass is 9.90. The molecule has 11 heteroatoms. The second-order valence-electron chi connectivity index (χ2n) is 8.01. The predicted octanol–water partition coefficient (Wildman–Crippen LogP) is 4.05. The van der Waals surface area contributed by atoms with Crippen molar-refractivity contribution >= 4 is 34.8 Å². The molecule has 1 saturated heterocycles. The van der Waals surface area contributed by atoms with Crippen molar-refractivity contribution in [3.63, 3.8) is 0 Å². The number of nitrogens with zero attached hydrogens (tertiary/aromatic N) is 4. The molecule has 34 heavy (non-hydrogen) atoms. The maximum atomic E-state index is 13.9. The Bertz CT molecular complexity index is 1190. The first-order chi connectivity index (χ1) is 16.3. The third-order valence-corrected chi connectivity index (χ3v) is 6.87. The number of halogens is 3. The molecule has 0 aliphatic carbocycles. The summed E-state index contributed by atoms with van der Waals surface area (Å²) >= 11 is 7.13. The minimum absolute atomic E-state index is 0.0467. The molecule has 0 unspecified atom stereocenters. The SMILES string of the molecule is Cc1ncc(C(=O)NCc2cnc(Cl)s2)c(C2CCN(C(=O)Cc3c(F)cccc3F)CC2)n1. The van der Waals surface area contributed by atoms with Gasteiger partial charge in [0.05, 0.1) is 24.2 Å². The van der Waals surface area contributed by atoms with Crippen LogP contribution in [0.25, 0.3) is 0 Å². The average molecular weight is 506 g/mol. The van der Waals surface area contributed by atoms with E-state index in [0.29, 0.717) is 47.5 Å². The molecular weight excluding hydrogens is 484 g/mol. The zero-order valence-corrected chi connectivity index (χ0v) is 19.9. The molecule has 3 heterocycles. The van der Waals surface area contributed by atoms with Crippen LogP contribution in [0.4, 0.5) is 8.78 Å². The Balaban J connectivity index is 1.41. The summed E-state index contributed by atoms with van der Waals surface area (Å²) < 4.78 is 28.2. The van der Waals surface area contributed by atoms with Gasteiger partial charge in [-0.3, -0.25) is 9.59 Å². The lowest BCUT2D eigenvalue weighted by molar-refractivity contribution is -0.131. The Morgan fingerprint density at radius 2 is 1.88 bits per heavy atom. The molecule has 0 saturated carbocycles. The van der Waals surface area contributed by atoms with E-state index in [1.165, 1.54) is 23.6 Å². The second kappa shape index (κ2) is 10.5. The van der Waals surface area contributed by atoms with Gasteiger partial charge < -0.3 is 10.2 Å². The fraction of sp³-hybridized carbons (Fsp3) is 0.348. The van der Waals surface area contributed by atoms with Crippen molar-refractivity contribution in [2.45, 2.75) is 38.6 Å². The van der Waals surface area contributed by atoms with Crippen molar-refractivity contribution in [1.82, 2.24) is 25.2 Å². The van der Waals surface area contributed by atoms with E-state index < -0.39 is 11.6 Å². The number of nitrogens with one attached hydrogen (secondary N) is 1. The number of carbonyl (C=O) groups excluding carboxylic acids is 2. The maximum Gasteiger partial charge on any atom is 0.255 e. The normalized spacial score (nSPS) is 14.3. The molecule has 1 aliphatic rings. The Labute approximate surface area is 204 Å². The van der Waals surface area contributed by atoms with Gasteiger partial charge in [-0.2, -0.15) is 0 Å². The van der Waals surface area contributed by atoms with E-state index in [0.717, 1.165) is 17.0 Å². The van der Waals surface area contributed by atoms with E-state index in [4.69, 9.17) is 11.6 Å². The first-order valence-electron chi connectivity index (χ1n) is 10.7. The molecule has 0 atom stereocenters. The van der Waals surface area contributed by atoms with Crippen molar-refractivity contribution < 1.29 is 18.4 Å². The van der Waals surface area contributed by atoms with E-state index in [-0.39, 0.29) is 36.3 Å². The fourth-order valence-corrected chi connectivity index (χ4v) is 4.89. The number of hydrogen-bond acceptors (Lipinski definition) is 6. The van der Waals surface area contributed by atoms with Crippen LogP contribution in [-0.4, -0.2) is 44.8 Å². The topological polar surface area (TPSA) is 88.1 Å². The molecule has 2 amide bonds. The minimum atomic E-state index is -0.726. The first-order valence-corrected chi connectivity index (χ1v) is 11.9. The molecule has 1 fully saturated rings. The number of amides is 2. The van der Waals surface area contributed by atoms with Gasteiger partial charge in [0.25, 0.3) is 5.91 Å². The molecule has 0 spiro atoms. The Hall–Kier alpha value is -2.98. The Kier molecular flexibility index (Phi) is 7.47. The lowest BCUT2D eigenvalue weighted by Crippen LogP contribution is -2.39. The van der Waals surface area contributed by atoms with Crippen LogP contribution in [0, 0.1) is 18.6 Å². The van der Waals surface area contributed by atoms with Gasteiger partial charge >= 0.3 is 0 Å². The Morgan fingerprint density at radius 1 is 1.18 bits per heavy atom. The van der Waals surface area contributed by atoms with E-state index >= 15 is 0 Å². The number of aromatic nitrogens is 3. The number of carbonyl (C=O) groups is 2. The smallest absolute Gasteiger partial charge is 0.255 e.